The second kappa shape index (κ2) is 10.6. The molecule has 4 bridgehead atoms. The summed E-state index contributed by atoms with van der Waals surface area (Å²) in [5, 5.41) is -7.81. The molecule has 0 radical (unpaired) electrons. The first-order valence-corrected chi connectivity index (χ1v) is 17.3. The molecule has 9 nitrogen and oxygen atoms in total. The molecule has 8 atom stereocenters. The van der Waals surface area contributed by atoms with E-state index in [1.165, 1.54) is 4.90 Å². The van der Waals surface area contributed by atoms with Crippen molar-refractivity contribution in [3.63, 3.8) is 0 Å². The molecular weight excluding hydrogens is 673 g/mol. The van der Waals surface area contributed by atoms with E-state index in [9.17, 15) is 44.8 Å². The van der Waals surface area contributed by atoms with Gasteiger partial charge in [-0.2, -0.15) is 30.4 Å². The average molecular weight is 702 g/mol. The molecule has 1 N–H and O–H groups in total. The van der Waals surface area contributed by atoms with Gasteiger partial charge in [0.25, 0.3) is 6.10 Å². The van der Waals surface area contributed by atoms with Crippen LogP contribution in [0.3, 0.4) is 0 Å². The molecule has 0 saturated carbocycles. The lowest BCUT2D eigenvalue weighted by molar-refractivity contribution is -0.261. The molecule has 2 aromatic rings. The first-order valence-electron chi connectivity index (χ1n) is 14.9. The van der Waals surface area contributed by atoms with E-state index in [4.69, 9.17) is 9.29 Å². The third-order valence-electron chi connectivity index (χ3n) is 10.1. The number of thioether (sulfide) groups is 1. The number of likely N-dealkylation sites (tertiary alicyclic amines) is 1. The lowest BCUT2D eigenvalue weighted by Gasteiger charge is -2.45. The van der Waals surface area contributed by atoms with E-state index in [0.717, 1.165) is 34.0 Å². The summed E-state index contributed by atoms with van der Waals surface area (Å²) in [6.07, 6.45) is -11.4. The highest BCUT2D eigenvalue weighted by Crippen LogP contribution is 2.62. The molecule has 0 aromatic heterocycles. The molecule has 0 spiro atoms. The van der Waals surface area contributed by atoms with E-state index >= 15 is 0 Å². The van der Waals surface area contributed by atoms with Crippen LogP contribution >= 0.6 is 11.8 Å². The van der Waals surface area contributed by atoms with Gasteiger partial charge in [0, 0.05) is 23.1 Å². The molecule has 8 unspecified atom stereocenters. The number of fused-ring (bicyclic) bond motifs is 2. The van der Waals surface area contributed by atoms with Gasteiger partial charge in [-0.3, -0.25) is 18.9 Å². The molecule has 2 aromatic carbocycles. The van der Waals surface area contributed by atoms with Gasteiger partial charge in [0.15, 0.2) is 0 Å². The SMILES string of the molecule is CC(C)N1C(=O)C2C3SC(C(OC(=O)C4CC5c6ccccc6C4c4ccccc45)C31)C2C(=O)OC(C(F)(F)F)C(F)(F)S(=O)(=O)O. The summed E-state index contributed by atoms with van der Waals surface area (Å²) in [4.78, 5) is 42.4. The Labute approximate surface area is 269 Å². The van der Waals surface area contributed by atoms with Crippen LogP contribution in [0.5, 0.6) is 0 Å². The normalized spacial score (nSPS) is 32.7. The summed E-state index contributed by atoms with van der Waals surface area (Å²) >= 11 is 1.03. The van der Waals surface area contributed by atoms with Crippen molar-refractivity contribution in [2.24, 2.45) is 17.8 Å². The van der Waals surface area contributed by atoms with Gasteiger partial charge in [0.1, 0.15) is 6.10 Å². The number of rotatable bonds is 7. The number of esters is 2. The van der Waals surface area contributed by atoms with Gasteiger partial charge in [0.2, 0.25) is 5.91 Å². The maximum Gasteiger partial charge on any atom is 0.432 e. The zero-order valence-electron chi connectivity index (χ0n) is 24.6. The standard InChI is InChI=1S/C31H28F5NO8S2/c1-12(2)37-22-23(44-27(39)18-11-17-13-7-3-5-9-15(13)19(18)16-10-6-4-8-14(16)17)25-21(20(26(37)38)24(22)46-25)28(40)45-29(30(32,33)34)31(35,36)47(41,42)43/h3-10,12,17-25,29H,11H2,1-2H3,(H,41,42,43). The molecule has 3 aliphatic carbocycles. The Morgan fingerprint density at radius 1 is 0.936 bits per heavy atom. The molecule has 6 aliphatic rings. The fraction of sp³-hybridized carbons (Fsp3) is 0.516. The first kappa shape index (κ1) is 32.3. The first-order chi connectivity index (χ1) is 21.9. The number of nitrogens with zero attached hydrogens (tertiary/aromatic N) is 1. The predicted molar refractivity (Wildman–Crippen MR) is 155 cm³/mol. The van der Waals surface area contributed by atoms with Gasteiger partial charge >= 0.3 is 33.5 Å². The molecule has 3 aliphatic heterocycles. The Hall–Kier alpha value is -3.24. The minimum atomic E-state index is -6.67. The summed E-state index contributed by atoms with van der Waals surface area (Å²) in [6, 6.07) is 14.3. The fourth-order valence-corrected chi connectivity index (χ4v) is 10.9. The minimum Gasteiger partial charge on any atom is -0.459 e. The van der Waals surface area contributed by atoms with E-state index in [-0.39, 0.29) is 11.8 Å². The largest absolute Gasteiger partial charge is 0.459 e. The number of ether oxygens (including phenoxy) is 2. The van der Waals surface area contributed by atoms with Crippen LogP contribution in [-0.4, -0.2) is 81.9 Å². The van der Waals surface area contributed by atoms with Crippen molar-refractivity contribution >= 4 is 39.7 Å². The Morgan fingerprint density at radius 3 is 2.00 bits per heavy atom. The summed E-state index contributed by atoms with van der Waals surface area (Å²) < 4.78 is 111. The van der Waals surface area contributed by atoms with E-state index < -0.39 is 91.9 Å². The number of hydrogen-bond donors (Lipinski definition) is 1. The smallest absolute Gasteiger partial charge is 0.432 e. The summed E-state index contributed by atoms with van der Waals surface area (Å²) in [5.41, 5.74) is 4.11. The van der Waals surface area contributed by atoms with Crippen molar-refractivity contribution in [1.82, 2.24) is 4.90 Å². The van der Waals surface area contributed by atoms with Crippen molar-refractivity contribution in [1.29, 1.82) is 0 Å². The third kappa shape index (κ3) is 4.64. The molecule has 3 heterocycles. The van der Waals surface area contributed by atoms with Gasteiger partial charge in [-0.1, -0.05) is 48.5 Å². The van der Waals surface area contributed by atoms with Gasteiger partial charge in [0.05, 0.1) is 29.0 Å². The Kier molecular flexibility index (Phi) is 7.31. The lowest BCUT2D eigenvalue weighted by Crippen LogP contribution is -2.55. The molecule has 3 saturated heterocycles. The zero-order chi connectivity index (χ0) is 34.0. The number of benzene rings is 2. The zero-order valence-corrected chi connectivity index (χ0v) is 26.3. The quantitative estimate of drug-likeness (QED) is 0.252. The molecule has 16 heteroatoms. The summed E-state index contributed by atoms with van der Waals surface area (Å²) in [7, 11) is -6.67. The highest BCUT2D eigenvalue weighted by molar-refractivity contribution is 8.01. The molecule has 252 valence electrons. The summed E-state index contributed by atoms with van der Waals surface area (Å²) in [5.74, 6) is -7.34. The van der Waals surface area contributed by atoms with Crippen molar-refractivity contribution in [3.8, 4) is 0 Å². The van der Waals surface area contributed by atoms with Gasteiger partial charge in [-0.15, -0.1) is 11.8 Å². The molecule has 3 fully saturated rings. The maximum absolute atomic E-state index is 14.3. The Bertz CT molecular complexity index is 1740. The Balaban J connectivity index is 1.21. The maximum atomic E-state index is 14.3. The van der Waals surface area contributed by atoms with Crippen LogP contribution in [0.4, 0.5) is 22.0 Å². The van der Waals surface area contributed by atoms with Crippen LogP contribution in [-0.2, 0) is 34.0 Å². The van der Waals surface area contributed by atoms with Crippen molar-refractivity contribution in [2.45, 2.75) is 78.3 Å². The van der Waals surface area contributed by atoms with Gasteiger partial charge in [-0.25, -0.2) is 0 Å². The minimum absolute atomic E-state index is 0.101. The van der Waals surface area contributed by atoms with Gasteiger partial charge < -0.3 is 14.4 Å². The van der Waals surface area contributed by atoms with Crippen LogP contribution in [0.15, 0.2) is 48.5 Å². The lowest BCUT2D eigenvalue weighted by atomic mass is 9.59. The average Bonchev–Trinajstić information content (AvgIpc) is 3.61. The van der Waals surface area contributed by atoms with Crippen molar-refractivity contribution in [2.75, 3.05) is 0 Å². The molecule has 8 rings (SSSR count). The summed E-state index contributed by atoms with van der Waals surface area (Å²) in [6.45, 7) is 3.35. The third-order valence-corrected chi connectivity index (χ3v) is 12.8. The van der Waals surface area contributed by atoms with Crippen LogP contribution < -0.4 is 0 Å². The number of hydrogen-bond acceptors (Lipinski definition) is 8. The number of amides is 1. The topological polar surface area (TPSA) is 127 Å². The Morgan fingerprint density at radius 2 is 1.49 bits per heavy atom. The van der Waals surface area contributed by atoms with Crippen LogP contribution in [0.25, 0.3) is 0 Å². The number of carbonyl (C=O) groups excluding carboxylic acids is 3. The second-order valence-corrected chi connectivity index (χ2v) is 15.7. The van der Waals surface area contributed by atoms with Gasteiger partial charge in [-0.05, 0) is 42.5 Å². The van der Waals surface area contributed by atoms with E-state index in [1.807, 2.05) is 48.5 Å². The van der Waals surface area contributed by atoms with E-state index in [1.54, 1.807) is 13.8 Å². The number of alkyl halides is 5. The monoisotopic (exact) mass is 701 g/mol. The number of halogens is 5. The fourth-order valence-electron chi connectivity index (χ4n) is 8.41. The van der Waals surface area contributed by atoms with Crippen LogP contribution in [0, 0.1) is 17.8 Å². The van der Waals surface area contributed by atoms with E-state index in [2.05, 4.69) is 4.74 Å². The van der Waals surface area contributed by atoms with Crippen molar-refractivity contribution in [3.05, 3.63) is 70.8 Å². The van der Waals surface area contributed by atoms with E-state index in [0.29, 0.717) is 6.42 Å². The molecule has 47 heavy (non-hydrogen) atoms. The number of carbonyl (C=O) groups is 3. The second-order valence-electron chi connectivity index (χ2n) is 12.9. The van der Waals surface area contributed by atoms with Crippen LogP contribution in [0.2, 0.25) is 0 Å². The highest BCUT2D eigenvalue weighted by Gasteiger charge is 2.74. The van der Waals surface area contributed by atoms with Crippen molar-refractivity contribution < 1.29 is 58.8 Å². The predicted octanol–water partition coefficient (Wildman–Crippen LogP) is 4.50. The highest BCUT2D eigenvalue weighted by atomic mass is 32.2. The van der Waals surface area contributed by atoms with Crippen LogP contribution in [0.1, 0.15) is 54.4 Å². The molecular formula is C31H28F5NO8S2. The molecule has 1 amide bonds.